The van der Waals surface area contributed by atoms with E-state index < -0.39 is 0 Å². The van der Waals surface area contributed by atoms with Gasteiger partial charge in [-0.25, -0.2) is 0 Å². The number of benzene rings is 2. The summed E-state index contributed by atoms with van der Waals surface area (Å²) in [6, 6.07) is 11.4. The summed E-state index contributed by atoms with van der Waals surface area (Å²) in [5.74, 6) is 0. The standard InChI is InChI=1S/C23H27N3/c1-22(2)10-11-23(3,4)16-13-20-19(12-15(16)22)25(6)18-9-7-8-17-21(18)26(20)14-24(17)5/h7-9,12-13H,10-11H2,1-6H3. The van der Waals surface area contributed by atoms with Crippen molar-refractivity contribution in [3.8, 4) is 5.69 Å². The molecule has 0 bridgehead atoms. The van der Waals surface area contributed by atoms with Gasteiger partial charge in [-0.2, -0.15) is 0 Å². The third-order valence-electron chi connectivity index (χ3n) is 6.74. The molecule has 1 aliphatic heterocycles. The van der Waals surface area contributed by atoms with E-state index >= 15 is 0 Å². The molecule has 5 rings (SSSR count). The Bertz CT molecular complexity index is 1070. The molecule has 0 amide bonds. The molecule has 0 saturated heterocycles. The third-order valence-corrected chi connectivity index (χ3v) is 6.74. The van der Waals surface area contributed by atoms with Crippen LogP contribution in [0.4, 0.5) is 11.4 Å². The van der Waals surface area contributed by atoms with Crippen molar-refractivity contribution in [2.24, 2.45) is 7.05 Å². The fourth-order valence-corrected chi connectivity index (χ4v) is 4.89. The van der Waals surface area contributed by atoms with Crippen molar-refractivity contribution in [2.45, 2.75) is 51.4 Å². The van der Waals surface area contributed by atoms with E-state index in [9.17, 15) is 0 Å². The number of para-hydroxylation sites is 1. The van der Waals surface area contributed by atoms with E-state index in [1.807, 2.05) is 0 Å². The maximum absolute atomic E-state index is 3.53. The molecular formula is C23H27N3. The number of fused-ring (bicyclic) bond motifs is 3. The Balaban J connectivity index is 1.89. The predicted molar refractivity (Wildman–Crippen MR) is 107 cm³/mol. The number of hydrogen-bond donors (Lipinski definition) is 0. The molecule has 0 radical (unpaired) electrons. The van der Waals surface area contributed by atoms with Crippen molar-refractivity contribution in [1.29, 1.82) is 0 Å². The fraction of sp³-hybridized carbons (Fsp3) is 0.435. The van der Waals surface area contributed by atoms with Crippen LogP contribution in [-0.2, 0) is 17.9 Å². The Labute approximate surface area is 155 Å². The van der Waals surface area contributed by atoms with Gasteiger partial charge in [0.1, 0.15) is 0 Å². The van der Waals surface area contributed by atoms with E-state index in [2.05, 4.69) is 92.5 Å². The summed E-state index contributed by atoms with van der Waals surface area (Å²) < 4.78 is 4.37. The number of rotatable bonds is 0. The maximum atomic E-state index is 3.53. The highest BCUT2D eigenvalue weighted by atomic mass is 15.2. The molecule has 134 valence electrons. The van der Waals surface area contributed by atoms with Crippen LogP contribution in [0.3, 0.4) is 0 Å². The fourth-order valence-electron chi connectivity index (χ4n) is 4.89. The molecule has 1 aromatic heterocycles. The van der Waals surface area contributed by atoms with Crippen molar-refractivity contribution in [3.05, 3.63) is 47.8 Å². The Kier molecular flexibility index (Phi) is 2.88. The summed E-state index contributed by atoms with van der Waals surface area (Å²) in [4.78, 5) is 2.35. The van der Waals surface area contributed by atoms with Crippen molar-refractivity contribution in [2.75, 3.05) is 11.9 Å². The summed E-state index contributed by atoms with van der Waals surface area (Å²) in [7, 11) is 4.27. The summed E-state index contributed by atoms with van der Waals surface area (Å²) in [5, 5.41) is 0. The second-order valence-corrected chi connectivity index (χ2v) is 9.35. The van der Waals surface area contributed by atoms with Gasteiger partial charge in [0.05, 0.1) is 23.8 Å². The SMILES string of the molecule is CN1c2cc3c(cc2-[n+]2[c-]n(C)c4cccc1c42)C(C)(C)CCC3(C)C. The summed E-state index contributed by atoms with van der Waals surface area (Å²) in [6.45, 7) is 9.57. The minimum Gasteiger partial charge on any atom is -0.354 e. The highest BCUT2D eigenvalue weighted by Crippen LogP contribution is 2.49. The molecule has 26 heavy (non-hydrogen) atoms. The molecule has 0 fully saturated rings. The molecule has 0 atom stereocenters. The second kappa shape index (κ2) is 4.70. The van der Waals surface area contributed by atoms with Crippen LogP contribution in [0.2, 0.25) is 0 Å². The summed E-state index contributed by atoms with van der Waals surface area (Å²) >= 11 is 0. The second-order valence-electron chi connectivity index (χ2n) is 9.35. The van der Waals surface area contributed by atoms with Crippen LogP contribution < -0.4 is 9.47 Å². The van der Waals surface area contributed by atoms with Gasteiger partial charge in [0, 0.05) is 18.4 Å². The number of nitrogens with zero attached hydrogens (tertiary/aromatic N) is 3. The van der Waals surface area contributed by atoms with Crippen LogP contribution in [0, 0.1) is 6.33 Å². The number of aryl methyl sites for hydroxylation is 1. The first-order valence-corrected chi connectivity index (χ1v) is 9.57. The maximum Gasteiger partial charge on any atom is 0.244 e. The summed E-state index contributed by atoms with van der Waals surface area (Å²) in [6.07, 6.45) is 6.00. The summed E-state index contributed by atoms with van der Waals surface area (Å²) in [5.41, 5.74) is 9.69. The Hall–Kier alpha value is -2.29. The van der Waals surface area contributed by atoms with Gasteiger partial charge in [0.15, 0.2) is 0 Å². The number of aromatic nitrogens is 2. The topological polar surface area (TPSA) is 12.1 Å². The molecule has 1 aliphatic carbocycles. The van der Waals surface area contributed by atoms with Gasteiger partial charge in [-0.05, 0) is 46.9 Å². The van der Waals surface area contributed by atoms with Gasteiger partial charge in [0.2, 0.25) is 6.33 Å². The number of imidazole rings is 1. The highest BCUT2D eigenvalue weighted by molar-refractivity contribution is 5.92. The lowest BCUT2D eigenvalue weighted by atomic mass is 9.63. The van der Waals surface area contributed by atoms with E-state index in [1.165, 1.54) is 52.1 Å². The van der Waals surface area contributed by atoms with Crippen LogP contribution in [-0.4, -0.2) is 11.6 Å². The average Bonchev–Trinajstić information content (AvgIpc) is 2.94. The van der Waals surface area contributed by atoms with Crippen molar-refractivity contribution in [1.82, 2.24) is 4.57 Å². The minimum absolute atomic E-state index is 0.212. The zero-order chi connectivity index (χ0) is 18.4. The molecule has 2 heterocycles. The first-order chi connectivity index (χ1) is 12.2. The van der Waals surface area contributed by atoms with Gasteiger partial charge in [-0.3, -0.25) is 0 Å². The smallest absolute Gasteiger partial charge is 0.244 e. The molecule has 3 aromatic rings. The predicted octanol–water partition coefficient (Wildman–Crippen LogP) is 4.69. The molecule has 0 N–H and O–H groups in total. The van der Waals surface area contributed by atoms with Crippen LogP contribution in [0.1, 0.15) is 51.7 Å². The minimum atomic E-state index is 0.212. The molecule has 0 saturated carbocycles. The first-order valence-electron chi connectivity index (χ1n) is 9.57. The zero-order valence-corrected chi connectivity index (χ0v) is 16.6. The van der Waals surface area contributed by atoms with Crippen LogP contribution in [0.25, 0.3) is 16.7 Å². The van der Waals surface area contributed by atoms with Crippen LogP contribution in [0.5, 0.6) is 0 Å². The molecule has 3 nitrogen and oxygen atoms in total. The van der Waals surface area contributed by atoms with Gasteiger partial charge in [-0.1, -0.05) is 45.9 Å². The van der Waals surface area contributed by atoms with E-state index in [1.54, 1.807) is 0 Å². The quantitative estimate of drug-likeness (QED) is 0.425. The van der Waals surface area contributed by atoms with Crippen molar-refractivity contribution in [3.63, 3.8) is 0 Å². The lowest BCUT2D eigenvalue weighted by Crippen LogP contribution is -2.40. The number of hydrogen-bond acceptors (Lipinski definition) is 1. The van der Waals surface area contributed by atoms with Crippen LogP contribution >= 0.6 is 0 Å². The monoisotopic (exact) mass is 345 g/mol. The van der Waals surface area contributed by atoms with E-state index in [0.29, 0.717) is 0 Å². The van der Waals surface area contributed by atoms with Gasteiger partial charge >= 0.3 is 0 Å². The number of anilines is 2. The van der Waals surface area contributed by atoms with Gasteiger partial charge < -0.3 is 14.0 Å². The molecular weight excluding hydrogens is 318 g/mol. The highest BCUT2D eigenvalue weighted by Gasteiger charge is 2.38. The Morgan fingerprint density at radius 1 is 0.923 bits per heavy atom. The molecule has 0 unspecified atom stereocenters. The lowest BCUT2D eigenvalue weighted by Gasteiger charge is -2.44. The molecule has 0 spiro atoms. The zero-order valence-electron chi connectivity index (χ0n) is 16.6. The van der Waals surface area contributed by atoms with E-state index in [-0.39, 0.29) is 10.8 Å². The largest absolute Gasteiger partial charge is 0.354 e. The Morgan fingerprint density at radius 3 is 2.27 bits per heavy atom. The van der Waals surface area contributed by atoms with Gasteiger partial charge in [-0.15, -0.1) is 0 Å². The first kappa shape index (κ1) is 15.9. The van der Waals surface area contributed by atoms with E-state index in [4.69, 9.17) is 0 Å². The molecule has 2 aromatic carbocycles. The van der Waals surface area contributed by atoms with E-state index in [0.717, 1.165) is 0 Å². The molecule has 2 aliphatic rings. The normalized spacial score (nSPS) is 19.4. The lowest BCUT2D eigenvalue weighted by molar-refractivity contribution is -0.572. The van der Waals surface area contributed by atoms with Gasteiger partial charge in [0.25, 0.3) is 0 Å². The van der Waals surface area contributed by atoms with Crippen molar-refractivity contribution >= 4 is 22.4 Å². The Morgan fingerprint density at radius 2 is 1.58 bits per heavy atom. The average molecular weight is 345 g/mol. The van der Waals surface area contributed by atoms with Crippen LogP contribution in [0.15, 0.2) is 30.3 Å². The van der Waals surface area contributed by atoms with Crippen molar-refractivity contribution < 1.29 is 4.57 Å². The third kappa shape index (κ3) is 1.86. The molecule has 3 heteroatoms.